The third kappa shape index (κ3) is 3.72. The quantitative estimate of drug-likeness (QED) is 0.517. The van der Waals surface area contributed by atoms with E-state index in [0.29, 0.717) is 0 Å². The van der Waals surface area contributed by atoms with Gasteiger partial charge in [0, 0.05) is 26.4 Å². The third-order valence-corrected chi connectivity index (χ3v) is 1.80. The summed E-state index contributed by atoms with van der Waals surface area (Å²) in [6.45, 7) is 6.79. The van der Waals surface area contributed by atoms with Gasteiger partial charge in [-0.15, -0.1) is 6.58 Å². The van der Waals surface area contributed by atoms with E-state index in [1.54, 1.807) is 7.11 Å². The number of nitrogens with zero attached hydrogens (tertiary/aromatic N) is 2. The van der Waals surface area contributed by atoms with Crippen molar-refractivity contribution < 1.29 is 4.74 Å². The van der Waals surface area contributed by atoms with Crippen LogP contribution in [0.5, 0.6) is 0 Å². The van der Waals surface area contributed by atoms with E-state index in [0.717, 1.165) is 31.9 Å². The Morgan fingerprint density at radius 2 is 2.57 bits per heavy atom. The van der Waals surface area contributed by atoms with Crippen LogP contribution in [0.15, 0.2) is 24.9 Å². The van der Waals surface area contributed by atoms with Gasteiger partial charge in [0.15, 0.2) is 0 Å². The van der Waals surface area contributed by atoms with Gasteiger partial charge in [0.25, 0.3) is 0 Å². The van der Waals surface area contributed by atoms with Crippen molar-refractivity contribution in [3.63, 3.8) is 0 Å². The molecule has 78 valence electrons. The molecule has 4 nitrogen and oxygen atoms in total. The zero-order valence-corrected chi connectivity index (χ0v) is 8.57. The largest absolute Gasteiger partial charge is 0.383 e. The molecule has 1 heterocycles. The lowest BCUT2D eigenvalue weighted by atomic mass is 10.4. The summed E-state index contributed by atoms with van der Waals surface area (Å²) in [7, 11) is 1.69. The normalized spacial score (nSPS) is 10.4. The first-order valence-electron chi connectivity index (χ1n) is 4.69. The van der Waals surface area contributed by atoms with Crippen molar-refractivity contribution >= 4 is 0 Å². The highest BCUT2D eigenvalue weighted by molar-refractivity contribution is 4.98. The van der Waals surface area contributed by atoms with Gasteiger partial charge in [-0.1, -0.05) is 6.08 Å². The van der Waals surface area contributed by atoms with Gasteiger partial charge in [0.05, 0.1) is 18.8 Å². The average Bonchev–Trinajstić information content (AvgIpc) is 2.61. The summed E-state index contributed by atoms with van der Waals surface area (Å²) >= 11 is 0. The molecule has 1 aromatic heterocycles. The maximum Gasteiger partial charge on any atom is 0.0762 e. The Labute approximate surface area is 84.6 Å². The summed E-state index contributed by atoms with van der Waals surface area (Å²) in [6, 6.07) is 2.00. The molecule has 0 amide bonds. The van der Waals surface area contributed by atoms with Crippen LogP contribution in [0.4, 0.5) is 0 Å². The Balaban J connectivity index is 2.25. The zero-order valence-electron chi connectivity index (χ0n) is 8.57. The molecule has 1 aromatic rings. The van der Waals surface area contributed by atoms with E-state index < -0.39 is 0 Å². The molecule has 0 unspecified atom stereocenters. The number of aromatic nitrogens is 2. The second-order valence-corrected chi connectivity index (χ2v) is 2.99. The van der Waals surface area contributed by atoms with Crippen molar-refractivity contribution in [2.45, 2.75) is 13.1 Å². The first-order valence-corrected chi connectivity index (χ1v) is 4.69. The van der Waals surface area contributed by atoms with Crippen LogP contribution in [-0.4, -0.2) is 30.0 Å². The lowest BCUT2D eigenvalue weighted by Gasteiger charge is -2.00. The molecule has 0 saturated carbocycles. The summed E-state index contributed by atoms with van der Waals surface area (Å²) in [5.74, 6) is 0. The first-order chi connectivity index (χ1) is 6.86. The number of rotatable bonds is 7. The maximum atomic E-state index is 4.92. The molecule has 0 bridgehead atoms. The highest BCUT2D eigenvalue weighted by atomic mass is 16.5. The predicted octanol–water partition coefficient (Wildman–Crippen LogP) is 0.805. The second-order valence-electron chi connectivity index (χ2n) is 2.99. The molecular weight excluding hydrogens is 178 g/mol. The number of methoxy groups -OCH3 is 1. The Hall–Kier alpha value is -1.13. The molecule has 0 spiro atoms. The van der Waals surface area contributed by atoms with Crippen molar-refractivity contribution in [3.05, 3.63) is 30.6 Å². The van der Waals surface area contributed by atoms with Gasteiger partial charge in [0.2, 0.25) is 0 Å². The first kappa shape index (κ1) is 10.9. The van der Waals surface area contributed by atoms with Crippen LogP contribution in [0.3, 0.4) is 0 Å². The Morgan fingerprint density at radius 1 is 1.71 bits per heavy atom. The summed E-state index contributed by atoms with van der Waals surface area (Å²) < 4.78 is 6.78. The summed E-state index contributed by atoms with van der Waals surface area (Å²) in [6.07, 6.45) is 3.78. The van der Waals surface area contributed by atoms with E-state index in [4.69, 9.17) is 4.74 Å². The molecule has 0 aliphatic heterocycles. The van der Waals surface area contributed by atoms with Crippen molar-refractivity contribution in [2.24, 2.45) is 0 Å². The van der Waals surface area contributed by atoms with Gasteiger partial charge in [-0.25, -0.2) is 0 Å². The van der Waals surface area contributed by atoms with Gasteiger partial charge in [-0.3, -0.25) is 4.68 Å². The highest BCUT2D eigenvalue weighted by Crippen LogP contribution is 1.94. The number of allylic oxidation sites excluding steroid dienone is 1. The SMILES string of the molecule is C=CCn1ccc(CNCCOC)n1. The lowest BCUT2D eigenvalue weighted by molar-refractivity contribution is 0.199. The van der Waals surface area contributed by atoms with E-state index in [1.807, 2.05) is 23.0 Å². The molecule has 0 fully saturated rings. The number of ether oxygens (including phenoxy) is 1. The highest BCUT2D eigenvalue weighted by Gasteiger charge is 1.96. The molecule has 0 aliphatic rings. The fraction of sp³-hybridized carbons (Fsp3) is 0.500. The second kappa shape index (κ2) is 6.34. The smallest absolute Gasteiger partial charge is 0.0762 e. The minimum atomic E-state index is 0.730. The van der Waals surface area contributed by atoms with E-state index in [9.17, 15) is 0 Å². The Kier molecular flexibility index (Phi) is 4.96. The van der Waals surface area contributed by atoms with Crippen LogP contribution < -0.4 is 5.32 Å². The van der Waals surface area contributed by atoms with E-state index in [-0.39, 0.29) is 0 Å². The van der Waals surface area contributed by atoms with Crippen LogP contribution in [0.1, 0.15) is 5.69 Å². The third-order valence-electron chi connectivity index (χ3n) is 1.80. The predicted molar refractivity (Wildman–Crippen MR) is 56.0 cm³/mol. The molecule has 0 saturated heterocycles. The van der Waals surface area contributed by atoms with Crippen molar-refractivity contribution in [2.75, 3.05) is 20.3 Å². The molecule has 1 N–H and O–H groups in total. The summed E-state index contributed by atoms with van der Waals surface area (Å²) in [5, 5.41) is 7.57. The number of nitrogens with one attached hydrogen (secondary N) is 1. The maximum absolute atomic E-state index is 4.92. The van der Waals surface area contributed by atoms with Crippen LogP contribution in [0.25, 0.3) is 0 Å². The molecule has 1 rings (SSSR count). The van der Waals surface area contributed by atoms with Crippen LogP contribution >= 0.6 is 0 Å². The molecule has 0 aromatic carbocycles. The van der Waals surface area contributed by atoms with Crippen molar-refractivity contribution in [1.82, 2.24) is 15.1 Å². The van der Waals surface area contributed by atoms with Gasteiger partial charge in [0.1, 0.15) is 0 Å². The lowest BCUT2D eigenvalue weighted by Crippen LogP contribution is -2.18. The molecular formula is C10H17N3O. The van der Waals surface area contributed by atoms with E-state index >= 15 is 0 Å². The Bertz CT molecular complexity index is 270. The van der Waals surface area contributed by atoms with E-state index in [2.05, 4.69) is 17.0 Å². The van der Waals surface area contributed by atoms with Crippen LogP contribution in [-0.2, 0) is 17.8 Å². The summed E-state index contributed by atoms with van der Waals surface area (Å²) in [5.41, 5.74) is 1.04. The molecule has 4 heteroatoms. The van der Waals surface area contributed by atoms with Gasteiger partial charge >= 0.3 is 0 Å². The Morgan fingerprint density at radius 3 is 3.29 bits per heavy atom. The molecule has 0 aliphatic carbocycles. The van der Waals surface area contributed by atoms with Gasteiger partial charge < -0.3 is 10.1 Å². The van der Waals surface area contributed by atoms with Crippen molar-refractivity contribution in [1.29, 1.82) is 0 Å². The monoisotopic (exact) mass is 195 g/mol. The standard InChI is InChI=1S/C10H17N3O/c1-3-6-13-7-4-10(12-13)9-11-5-8-14-2/h3-4,7,11H,1,5-6,8-9H2,2H3. The fourth-order valence-electron chi connectivity index (χ4n) is 1.12. The summed E-state index contributed by atoms with van der Waals surface area (Å²) in [4.78, 5) is 0. The number of hydrogen-bond acceptors (Lipinski definition) is 3. The van der Waals surface area contributed by atoms with Crippen molar-refractivity contribution in [3.8, 4) is 0 Å². The van der Waals surface area contributed by atoms with Gasteiger partial charge in [-0.05, 0) is 6.07 Å². The average molecular weight is 195 g/mol. The molecule has 0 atom stereocenters. The topological polar surface area (TPSA) is 39.1 Å². The fourth-order valence-corrected chi connectivity index (χ4v) is 1.12. The minimum absolute atomic E-state index is 0.730. The molecule has 0 radical (unpaired) electrons. The van der Waals surface area contributed by atoms with Gasteiger partial charge in [-0.2, -0.15) is 5.10 Å². The van der Waals surface area contributed by atoms with E-state index in [1.165, 1.54) is 0 Å². The zero-order chi connectivity index (χ0) is 10.2. The van der Waals surface area contributed by atoms with Crippen LogP contribution in [0, 0.1) is 0 Å². The molecule has 14 heavy (non-hydrogen) atoms. The number of hydrogen-bond donors (Lipinski definition) is 1. The minimum Gasteiger partial charge on any atom is -0.383 e. The van der Waals surface area contributed by atoms with Crippen LogP contribution in [0.2, 0.25) is 0 Å².